The molecule has 3 rings (SSSR count). The molecular weight excluding hydrogens is 452 g/mol. The van der Waals surface area contributed by atoms with Crippen LogP contribution in [-0.2, 0) is 11.3 Å². The Labute approximate surface area is 206 Å². The summed E-state index contributed by atoms with van der Waals surface area (Å²) in [5.41, 5.74) is 1.81. The molecule has 0 aliphatic rings. The number of aliphatic hydroxyl groups is 1. The molecule has 0 aliphatic heterocycles. The maximum Gasteiger partial charge on any atom is 0.227 e. The number of aliphatic hydroxyl groups excluding tert-OH is 1. The standard InChI is InChI=1S/C27H35F2N3O3/c1-6-14-31(16-23(33)18-34-27(3,4)5)17-25-19(2)30-32(22-12-10-20(28)11-13-22)26(25)35-24-9-7-8-21(29)15-24/h7-13,15,23,33H,6,14,16-18H2,1-5H3/t23-/m1/s1. The van der Waals surface area contributed by atoms with E-state index in [1.807, 2.05) is 27.7 Å². The highest BCUT2D eigenvalue weighted by Crippen LogP contribution is 2.32. The van der Waals surface area contributed by atoms with Crippen molar-refractivity contribution < 1.29 is 23.4 Å². The van der Waals surface area contributed by atoms with Crippen molar-refractivity contribution in [3.63, 3.8) is 0 Å². The fourth-order valence-electron chi connectivity index (χ4n) is 3.70. The van der Waals surface area contributed by atoms with Crippen LogP contribution in [0.15, 0.2) is 48.5 Å². The van der Waals surface area contributed by atoms with Gasteiger partial charge in [-0.05, 0) is 77.1 Å². The first-order valence-corrected chi connectivity index (χ1v) is 11.9. The minimum absolute atomic E-state index is 0.226. The largest absolute Gasteiger partial charge is 0.438 e. The summed E-state index contributed by atoms with van der Waals surface area (Å²) in [5, 5.41) is 15.3. The summed E-state index contributed by atoms with van der Waals surface area (Å²) in [4.78, 5) is 2.12. The van der Waals surface area contributed by atoms with Gasteiger partial charge in [-0.25, -0.2) is 13.5 Å². The predicted octanol–water partition coefficient (Wildman–Crippen LogP) is 5.64. The van der Waals surface area contributed by atoms with Gasteiger partial charge in [0.25, 0.3) is 0 Å². The molecule has 8 heteroatoms. The third kappa shape index (κ3) is 7.85. The van der Waals surface area contributed by atoms with Crippen molar-refractivity contribution in [1.29, 1.82) is 0 Å². The number of hydrogen-bond acceptors (Lipinski definition) is 5. The van der Waals surface area contributed by atoms with Crippen molar-refractivity contribution in [2.45, 2.75) is 59.3 Å². The second-order valence-corrected chi connectivity index (χ2v) is 9.63. The molecule has 0 unspecified atom stereocenters. The molecule has 0 aliphatic carbocycles. The molecule has 0 spiro atoms. The van der Waals surface area contributed by atoms with Crippen molar-refractivity contribution in [1.82, 2.24) is 14.7 Å². The Balaban J connectivity index is 1.93. The Kier molecular flexibility index (Phi) is 8.99. The van der Waals surface area contributed by atoms with E-state index in [1.165, 1.54) is 24.3 Å². The molecule has 1 atom stereocenters. The number of ether oxygens (including phenoxy) is 2. The molecule has 6 nitrogen and oxygen atoms in total. The Hall–Kier alpha value is -2.81. The number of benzene rings is 2. The van der Waals surface area contributed by atoms with E-state index >= 15 is 0 Å². The van der Waals surface area contributed by atoms with Gasteiger partial charge in [-0.15, -0.1) is 0 Å². The Morgan fingerprint density at radius 2 is 1.80 bits per heavy atom. The highest BCUT2D eigenvalue weighted by atomic mass is 19.1. The van der Waals surface area contributed by atoms with Crippen molar-refractivity contribution in [3.05, 3.63) is 71.4 Å². The van der Waals surface area contributed by atoms with Gasteiger partial charge in [0.1, 0.15) is 17.4 Å². The van der Waals surface area contributed by atoms with E-state index in [1.54, 1.807) is 28.9 Å². The molecule has 2 aromatic carbocycles. The average molecular weight is 488 g/mol. The normalized spacial score (nSPS) is 12.8. The predicted molar refractivity (Wildman–Crippen MR) is 132 cm³/mol. The molecule has 1 aromatic heterocycles. The lowest BCUT2D eigenvalue weighted by Gasteiger charge is -2.27. The average Bonchev–Trinajstić information content (AvgIpc) is 3.07. The Morgan fingerprint density at radius 3 is 2.43 bits per heavy atom. The maximum absolute atomic E-state index is 13.9. The van der Waals surface area contributed by atoms with Gasteiger partial charge >= 0.3 is 0 Å². The summed E-state index contributed by atoms with van der Waals surface area (Å²) in [6.45, 7) is 11.6. The number of hydrogen-bond donors (Lipinski definition) is 1. The van der Waals surface area contributed by atoms with E-state index < -0.39 is 11.9 Å². The van der Waals surface area contributed by atoms with Crippen LogP contribution in [0.5, 0.6) is 11.6 Å². The van der Waals surface area contributed by atoms with E-state index in [9.17, 15) is 13.9 Å². The van der Waals surface area contributed by atoms with Gasteiger partial charge in [-0.3, -0.25) is 4.90 Å². The van der Waals surface area contributed by atoms with E-state index in [0.29, 0.717) is 30.4 Å². The van der Waals surface area contributed by atoms with Crippen molar-refractivity contribution in [2.75, 3.05) is 19.7 Å². The van der Waals surface area contributed by atoms with Crippen molar-refractivity contribution in [2.24, 2.45) is 0 Å². The van der Waals surface area contributed by atoms with Crippen LogP contribution in [0.2, 0.25) is 0 Å². The number of aromatic nitrogens is 2. The number of aryl methyl sites for hydroxylation is 1. The molecule has 0 amide bonds. The minimum Gasteiger partial charge on any atom is -0.438 e. The van der Waals surface area contributed by atoms with Crippen LogP contribution in [0.3, 0.4) is 0 Å². The third-order valence-corrected chi connectivity index (χ3v) is 5.32. The van der Waals surface area contributed by atoms with Crippen molar-refractivity contribution in [3.8, 4) is 17.3 Å². The first-order chi connectivity index (χ1) is 16.6. The number of nitrogens with zero attached hydrogens (tertiary/aromatic N) is 3. The lowest BCUT2D eigenvalue weighted by molar-refractivity contribution is -0.0567. The van der Waals surface area contributed by atoms with Crippen LogP contribution in [0.1, 0.15) is 45.4 Å². The van der Waals surface area contributed by atoms with E-state index in [-0.39, 0.29) is 18.0 Å². The summed E-state index contributed by atoms with van der Waals surface area (Å²) in [6.07, 6.45) is 0.221. The van der Waals surface area contributed by atoms with Gasteiger partial charge in [0.05, 0.1) is 35.3 Å². The lowest BCUT2D eigenvalue weighted by atomic mass is 10.2. The SMILES string of the molecule is CCCN(Cc1c(C)nn(-c2ccc(F)cc2)c1Oc1cccc(F)c1)C[C@@H](O)COC(C)(C)C. The van der Waals surface area contributed by atoms with Gasteiger partial charge in [-0.2, -0.15) is 5.10 Å². The smallest absolute Gasteiger partial charge is 0.227 e. The zero-order valence-electron chi connectivity index (χ0n) is 21.1. The molecule has 0 saturated carbocycles. The van der Waals surface area contributed by atoms with Crippen LogP contribution < -0.4 is 4.74 Å². The second-order valence-electron chi connectivity index (χ2n) is 9.63. The van der Waals surface area contributed by atoms with Gasteiger partial charge in [0.15, 0.2) is 0 Å². The van der Waals surface area contributed by atoms with Gasteiger partial charge in [0, 0.05) is 19.2 Å². The molecule has 0 radical (unpaired) electrons. The molecule has 1 heterocycles. The fraction of sp³-hybridized carbons (Fsp3) is 0.444. The van der Waals surface area contributed by atoms with Crippen LogP contribution in [0.25, 0.3) is 5.69 Å². The fourth-order valence-corrected chi connectivity index (χ4v) is 3.70. The number of rotatable bonds is 11. The highest BCUT2D eigenvalue weighted by molar-refractivity contribution is 5.43. The Bertz CT molecular complexity index is 1090. The second kappa shape index (κ2) is 11.7. The first kappa shape index (κ1) is 26.8. The zero-order chi connectivity index (χ0) is 25.6. The monoisotopic (exact) mass is 487 g/mol. The quantitative estimate of drug-likeness (QED) is 0.379. The van der Waals surface area contributed by atoms with Crippen LogP contribution in [0, 0.1) is 18.6 Å². The molecule has 35 heavy (non-hydrogen) atoms. The summed E-state index contributed by atoms with van der Waals surface area (Å²) in [5.74, 6) is -0.0226. The highest BCUT2D eigenvalue weighted by Gasteiger charge is 2.23. The summed E-state index contributed by atoms with van der Waals surface area (Å²) < 4.78 is 40.9. The van der Waals surface area contributed by atoms with Crippen LogP contribution in [-0.4, -0.2) is 51.2 Å². The molecular formula is C27H35F2N3O3. The summed E-state index contributed by atoms with van der Waals surface area (Å²) in [7, 11) is 0. The van der Waals surface area contributed by atoms with Gasteiger partial charge in [-0.1, -0.05) is 13.0 Å². The van der Waals surface area contributed by atoms with Crippen molar-refractivity contribution >= 4 is 0 Å². The van der Waals surface area contributed by atoms with E-state index in [2.05, 4.69) is 16.9 Å². The third-order valence-electron chi connectivity index (χ3n) is 5.32. The zero-order valence-corrected chi connectivity index (χ0v) is 21.1. The minimum atomic E-state index is -0.666. The van der Waals surface area contributed by atoms with Gasteiger partial charge in [0.2, 0.25) is 5.88 Å². The van der Waals surface area contributed by atoms with Crippen LogP contribution >= 0.6 is 0 Å². The van der Waals surface area contributed by atoms with Crippen LogP contribution in [0.4, 0.5) is 8.78 Å². The summed E-state index contributed by atoms with van der Waals surface area (Å²) >= 11 is 0. The molecule has 0 saturated heterocycles. The summed E-state index contributed by atoms with van der Waals surface area (Å²) in [6, 6.07) is 11.8. The van der Waals surface area contributed by atoms with E-state index in [0.717, 1.165) is 24.2 Å². The molecule has 0 bridgehead atoms. The topological polar surface area (TPSA) is 59.8 Å². The molecule has 3 aromatic rings. The lowest BCUT2D eigenvalue weighted by Crippen LogP contribution is -2.37. The van der Waals surface area contributed by atoms with Gasteiger partial charge < -0.3 is 14.6 Å². The number of halogens is 2. The molecule has 190 valence electrons. The molecule has 0 fully saturated rings. The molecule has 1 N–H and O–H groups in total. The first-order valence-electron chi connectivity index (χ1n) is 11.9. The van der Waals surface area contributed by atoms with E-state index in [4.69, 9.17) is 9.47 Å². The maximum atomic E-state index is 13.9. The Morgan fingerprint density at radius 1 is 1.09 bits per heavy atom.